The molecule has 2 aromatic rings. The van der Waals surface area contributed by atoms with Crippen LogP contribution in [0.5, 0.6) is 0 Å². The van der Waals surface area contributed by atoms with Crippen LogP contribution in [0.3, 0.4) is 0 Å². The molecule has 0 fully saturated rings. The van der Waals surface area contributed by atoms with Crippen molar-refractivity contribution in [2.75, 3.05) is 17.3 Å². The van der Waals surface area contributed by atoms with Crippen LogP contribution >= 0.6 is 35.0 Å². The third kappa shape index (κ3) is 5.14. The quantitative estimate of drug-likeness (QED) is 0.780. The first-order valence-corrected chi connectivity index (χ1v) is 10.1. The van der Waals surface area contributed by atoms with Crippen molar-refractivity contribution in [3.63, 3.8) is 0 Å². The Morgan fingerprint density at radius 2 is 1.74 bits per heavy atom. The van der Waals surface area contributed by atoms with Crippen LogP contribution in [-0.4, -0.2) is 26.3 Å². The number of hydrogen-bond donors (Lipinski definition) is 1. The Morgan fingerprint density at radius 3 is 2.35 bits per heavy atom. The molecule has 4 nitrogen and oxygen atoms in total. The fourth-order valence-corrected chi connectivity index (χ4v) is 3.91. The predicted octanol–water partition coefficient (Wildman–Crippen LogP) is 4.13. The number of benzene rings is 2. The van der Waals surface area contributed by atoms with Crippen LogP contribution in [0, 0.1) is 0 Å². The third-order valence-corrected chi connectivity index (χ3v) is 5.91. The summed E-state index contributed by atoms with van der Waals surface area (Å²) in [5.74, 6) is -0.177. The van der Waals surface area contributed by atoms with E-state index in [2.05, 4.69) is 5.32 Å². The van der Waals surface area contributed by atoms with Crippen molar-refractivity contribution in [2.24, 2.45) is 0 Å². The van der Waals surface area contributed by atoms with E-state index in [0.29, 0.717) is 20.6 Å². The van der Waals surface area contributed by atoms with E-state index in [1.807, 2.05) is 0 Å². The summed E-state index contributed by atoms with van der Waals surface area (Å²) >= 11 is 13.3. The number of hydrogen-bond acceptors (Lipinski definition) is 4. The van der Waals surface area contributed by atoms with Gasteiger partial charge in [0.1, 0.15) is 0 Å². The zero-order valence-electron chi connectivity index (χ0n) is 12.0. The molecule has 0 saturated heterocycles. The number of carbonyl (C=O) groups is 1. The first-order valence-electron chi connectivity index (χ1n) is 6.44. The maximum atomic E-state index is 12.0. The van der Waals surface area contributed by atoms with Crippen LogP contribution in [0.1, 0.15) is 0 Å². The summed E-state index contributed by atoms with van der Waals surface area (Å²) < 4.78 is 23.0. The van der Waals surface area contributed by atoms with Crippen LogP contribution < -0.4 is 5.32 Å². The molecule has 122 valence electrons. The van der Waals surface area contributed by atoms with Crippen molar-refractivity contribution >= 4 is 56.4 Å². The number of thioether (sulfide) groups is 1. The zero-order chi connectivity index (χ0) is 17.0. The summed E-state index contributed by atoms with van der Waals surface area (Å²) in [4.78, 5) is 12.8. The van der Waals surface area contributed by atoms with Gasteiger partial charge in [0, 0.05) is 16.8 Å². The van der Waals surface area contributed by atoms with E-state index in [0.717, 1.165) is 6.26 Å². The molecule has 2 rings (SSSR count). The molecule has 0 radical (unpaired) electrons. The molecule has 1 amide bonds. The average molecular weight is 390 g/mol. The van der Waals surface area contributed by atoms with Gasteiger partial charge >= 0.3 is 0 Å². The van der Waals surface area contributed by atoms with Gasteiger partial charge in [0.2, 0.25) is 5.91 Å². The monoisotopic (exact) mass is 389 g/mol. The molecule has 0 unspecified atom stereocenters. The van der Waals surface area contributed by atoms with Crippen LogP contribution in [0.4, 0.5) is 5.69 Å². The van der Waals surface area contributed by atoms with Gasteiger partial charge in [-0.3, -0.25) is 4.79 Å². The Morgan fingerprint density at radius 1 is 1.13 bits per heavy atom. The number of halogens is 2. The van der Waals surface area contributed by atoms with E-state index >= 15 is 0 Å². The van der Waals surface area contributed by atoms with Crippen molar-refractivity contribution in [1.29, 1.82) is 0 Å². The maximum absolute atomic E-state index is 12.0. The van der Waals surface area contributed by atoms with Gasteiger partial charge in [-0.2, -0.15) is 0 Å². The summed E-state index contributed by atoms with van der Waals surface area (Å²) in [7, 11) is -3.32. The largest absolute Gasteiger partial charge is 0.325 e. The molecule has 0 bridgehead atoms. The third-order valence-electron chi connectivity index (χ3n) is 2.81. The normalized spacial score (nSPS) is 11.3. The average Bonchev–Trinajstić information content (AvgIpc) is 2.46. The van der Waals surface area contributed by atoms with Gasteiger partial charge in [-0.1, -0.05) is 35.3 Å². The van der Waals surface area contributed by atoms with Crippen LogP contribution in [0.15, 0.2) is 52.3 Å². The lowest BCUT2D eigenvalue weighted by atomic mass is 10.3. The second-order valence-corrected chi connectivity index (χ2v) is 8.50. The van der Waals surface area contributed by atoms with Crippen LogP contribution in [0.25, 0.3) is 0 Å². The Labute approximate surface area is 149 Å². The van der Waals surface area contributed by atoms with Crippen molar-refractivity contribution in [2.45, 2.75) is 9.79 Å². The highest BCUT2D eigenvalue weighted by atomic mass is 35.5. The summed E-state index contributed by atoms with van der Waals surface area (Å²) in [5, 5.41) is 3.62. The number of anilines is 1. The van der Waals surface area contributed by atoms with E-state index in [1.165, 1.54) is 23.9 Å². The lowest BCUT2D eigenvalue weighted by molar-refractivity contribution is -0.113. The smallest absolute Gasteiger partial charge is 0.234 e. The van der Waals surface area contributed by atoms with Crippen molar-refractivity contribution < 1.29 is 13.2 Å². The van der Waals surface area contributed by atoms with Gasteiger partial charge in [0.05, 0.1) is 20.7 Å². The van der Waals surface area contributed by atoms with E-state index in [-0.39, 0.29) is 16.6 Å². The SMILES string of the molecule is CS(=O)(=O)c1cccc(NC(=O)CSc2c(Cl)cccc2Cl)c1. The molecule has 8 heteroatoms. The second-order valence-electron chi connectivity index (χ2n) is 4.69. The molecule has 0 heterocycles. The number of rotatable bonds is 5. The van der Waals surface area contributed by atoms with E-state index < -0.39 is 9.84 Å². The first kappa shape index (κ1) is 18.1. The zero-order valence-corrected chi connectivity index (χ0v) is 15.2. The lowest BCUT2D eigenvalue weighted by Crippen LogP contribution is -2.14. The van der Waals surface area contributed by atoms with Crippen molar-refractivity contribution in [3.05, 3.63) is 52.5 Å². The minimum Gasteiger partial charge on any atom is -0.325 e. The fraction of sp³-hybridized carbons (Fsp3) is 0.133. The Hall–Kier alpha value is -1.21. The van der Waals surface area contributed by atoms with Gasteiger partial charge in [0.15, 0.2) is 9.84 Å². The second kappa shape index (κ2) is 7.57. The van der Waals surface area contributed by atoms with Gasteiger partial charge in [0.25, 0.3) is 0 Å². The highest BCUT2D eigenvalue weighted by Crippen LogP contribution is 2.33. The summed E-state index contributed by atoms with van der Waals surface area (Å²) in [5.41, 5.74) is 0.420. The Kier molecular flexibility index (Phi) is 5.97. The highest BCUT2D eigenvalue weighted by molar-refractivity contribution is 8.00. The van der Waals surface area contributed by atoms with E-state index in [4.69, 9.17) is 23.2 Å². The minimum atomic E-state index is -3.32. The molecule has 0 aliphatic heterocycles. The molecule has 1 N–H and O–H groups in total. The standard InChI is InChI=1S/C15H13Cl2NO3S2/c1-23(20,21)11-5-2-4-10(8-11)18-14(19)9-22-15-12(16)6-3-7-13(15)17/h2-8H,9H2,1H3,(H,18,19). The molecule has 0 spiro atoms. The molecule has 0 aromatic heterocycles. The summed E-state index contributed by atoms with van der Waals surface area (Å²) in [6, 6.07) is 11.2. The molecule has 0 aliphatic rings. The van der Waals surface area contributed by atoms with Crippen molar-refractivity contribution in [1.82, 2.24) is 0 Å². The predicted molar refractivity (Wildman–Crippen MR) is 95.4 cm³/mol. The van der Waals surface area contributed by atoms with Gasteiger partial charge < -0.3 is 5.32 Å². The molecular weight excluding hydrogens is 377 g/mol. The fourth-order valence-electron chi connectivity index (χ4n) is 1.76. The number of nitrogens with one attached hydrogen (secondary N) is 1. The van der Waals surface area contributed by atoms with E-state index in [9.17, 15) is 13.2 Å². The molecule has 0 aliphatic carbocycles. The van der Waals surface area contributed by atoms with Crippen LogP contribution in [-0.2, 0) is 14.6 Å². The summed E-state index contributed by atoms with van der Waals surface area (Å²) in [6.45, 7) is 0. The molecule has 2 aromatic carbocycles. The Bertz CT molecular complexity index is 818. The van der Waals surface area contributed by atoms with Crippen molar-refractivity contribution in [3.8, 4) is 0 Å². The van der Waals surface area contributed by atoms with Crippen LogP contribution in [0.2, 0.25) is 10.0 Å². The molecular formula is C15H13Cl2NO3S2. The highest BCUT2D eigenvalue weighted by Gasteiger charge is 2.11. The number of carbonyl (C=O) groups excluding carboxylic acids is 1. The van der Waals surface area contributed by atoms with E-state index in [1.54, 1.807) is 30.3 Å². The Balaban J connectivity index is 2.03. The molecule has 0 atom stereocenters. The maximum Gasteiger partial charge on any atom is 0.234 e. The molecule has 0 saturated carbocycles. The first-order chi connectivity index (χ1) is 10.8. The topological polar surface area (TPSA) is 63.2 Å². The van der Waals surface area contributed by atoms with Gasteiger partial charge in [-0.25, -0.2) is 8.42 Å². The lowest BCUT2D eigenvalue weighted by Gasteiger charge is -2.08. The molecule has 23 heavy (non-hydrogen) atoms. The number of amides is 1. The summed E-state index contributed by atoms with van der Waals surface area (Å²) in [6.07, 6.45) is 1.11. The van der Waals surface area contributed by atoms with Gasteiger partial charge in [-0.05, 0) is 30.3 Å². The minimum absolute atomic E-state index is 0.104. The van der Waals surface area contributed by atoms with Gasteiger partial charge in [-0.15, -0.1) is 11.8 Å². The number of sulfone groups is 1.